The van der Waals surface area contributed by atoms with Gasteiger partial charge in [-0.15, -0.1) is 0 Å². The van der Waals surface area contributed by atoms with Crippen molar-refractivity contribution in [2.75, 3.05) is 19.7 Å². The molecule has 1 saturated heterocycles. The Bertz CT molecular complexity index is 1050. The van der Waals surface area contributed by atoms with Gasteiger partial charge in [0.15, 0.2) is 0 Å². The highest BCUT2D eigenvalue weighted by Crippen LogP contribution is 2.44. The molecule has 3 atom stereocenters. The molecule has 0 spiro atoms. The van der Waals surface area contributed by atoms with E-state index in [0.717, 1.165) is 36.8 Å². The number of carboxylic acid groups (broad SMARTS) is 1. The first-order valence-corrected chi connectivity index (χ1v) is 12.1. The molecule has 5 rings (SSSR count). The third kappa shape index (κ3) is 4.39. The molecule has 2 fully saturated rings. The van der Waals surface area contributed by atoms with E-state index in [-0.39, 0.29) is 42.7 Å². The topological polar surface area (TPSA) is 95.9 Å². The lowest BCUT2D eigenvalue weighted by molar-refractivity contribution is -0.139. The van der Waals surface area contributed by atoms with Gasteiger partial charge in [-0.1, -0.05) is 55.0 Å². The van der Waals surface area contributed by atoms with Gasteiger partial charge >= 0.3 is 12.1 Å². The zero-order valence-electron chi connectivity index (χ0n) is 19.1. The number of ether oxygens (including phenoxy) is 1. The predicted molar refractivity (Wildman–Crippen MR) is 126 cm³/mol. The summed E-state index contributed by atoms with van der Waals surface area (Å²) in [5.41, 5.74) is 4.69. The fourth-order valence-electron chi connectivity index (χ4n) is 5.90. The summed E-state index contributed by atoms with van der Waals surface area (Å²) >= 11 is 0. The average Bonchev–Trinajstić information content (AvgIpc) is 3.55. The first-order chi connectivity index (χ1) is 16.5. The highest BCUT2D eigenvalue weighted by molar-refractivity contribution is 5.82. The highest BCUT2D eigenvalue weighted by Gasteiger charge is 2.39. The lowest BCUT2D eigenvalue weighted by Crippen LogP contribution is -2.45. The van der Waals surface area contributed by atoms with E-state index < -0.39 is 12.1 Å². The number of rotatable bonds is 6. The number of amides is 2. The van der Waals surface area contributed by atoms with Crippen LogP contribution in [0.25, 0.3) is 11.1 Å². The van der Waals surface area contributed by atoms with Crippen molar-refractivity contribution < 1.29 is 24.2 Å². The molecular formula is C27H30N2O5. The van der Waals surface area contributed by atoms with Crippen molar-refractivity contribution in [2.45, 2.75) is 44.1 Å². The number of alkyl carbamates (subject to hydrolysis) is 1. The van der Waals surface area contributed by atoms with Gasteiger partial charge in [0.05, 0.1) is 5.92 Å². The van der Waals surface area contributed by atoms with Gasteiger partial charge in [0.25, 0.3) is 0 Å². The Balaban J connectivity index is 1.18. The van der Waals surface area contributed by atoms with E-state index in [4.69, 9.17) is 9.84 Å². The quantitative estimate of drug-likeness (QED) is 0.676. The molecule has 2 aliphatic carbocycles. The maximum Gasteiger partial charge on any atom is 0.407 e. The van der Waals surface area contributed by atoms with Crippen LogP contribution in [0.3, 0.4) is 0 Å². The fraction of sp³-hybridized carbons (Fsp3) is 0.444. The van der Waals surface area contributed by atoms with E-state index in [1.807, 2.05) is 24.3 Å². The number of carboxylic acids is 1. The van der Waals surface area contributed by atoms with Crippen LogP contribution in [0.15, 0.2) is 48.5 Å². The number of hydrogen-bond acceptors (Lipinski definition) is 4. The number of likely N-dealkylation sites (tertiary alicyclic amines) is 1. The number of aliphatic carboxylic acids is 1. The van der Waals surface area contributed by atoms with Crippen molar-refractivity contribution in [3.63, 3.8) is 0 Å². The summed E-state index contributed by atoms with van der Waals surface area (Å²) in [4.78, 5) is 38.6. The van der Waals surface area contributed by atoms with Crippen molar-refractivity contribution in [1.82, 2.24) is 10.2 Å². The molecule has 178 valence electrons. The number of hydrogen-bond donors (Lipinski definition) is 2. The molecule has 0 radical (unpaired) electrons. The lowest BCUT2D eigenvalue weighted by atomic mass is 9.98. The van der Waals surface area contributed by atoms with Gasteiger partial charge in [-0.05, 0) is 47.4 Å². The summed E-state index contributed by atoms with van der Waals surface area (Å²) in [6.07, 6.45) is 2.67. The van der Waals surface area contributed by atoms with E-state index in [2.05, 4.69) is 29.6 Å². The summed E-state index contributed by atoms with van der Waals surface area (Å²) in [7, 11) is 0. The van der Waals surface area contributed by atoms with E-state index >= 15 is 0 Å². The molecule has 2 amide bonds. The molecule has 0 aromatic heterocycles. The highest BCUT2D eigenvalue weighted by atomic mass is 16.5. The summed E-state index contributed by atoms with van der Waals surface area (Å²) < 4.78 is 5.68. The lowest BCUT2D eigenvalue weighted by Gasteiger charge is -2.25. The molecule has 1 heterocycles. The molecule has 1 aliphatic heterocycles. The fourth-order valence-corrected chi connectivity index (χ4v) is 5.90. The van der Waals surface area contributed by atoms with Crippen molar-refractivity contribution >= 4 is 18.0 Å². The summed E-state index contributed by atoms with van der Waals surface area (Å²) in [5, 5.41) is 12.0. The largest absolute Gasteiger partial charge is 0.481 e. The van der Waals surface area contributed by atoms with E-state index in [1.54, 1.807) is 4.90 Å². The molecule has 2 aromatic rings. The summed E-state index contributed by atoms with van der Waals surface area (Å²) in [6, 6.07) is 16.2. The van der Waals surface area contributed by atoms with Crippen molar-refractivity contribution in [3.05, 3.63) is 59.7 Å². The first kappa shape index (κ1) is 22.4. The molecule has 1 saturated carbocycles. The van der Waals surface area contributed by atoms with Gasteiger partial charge in [0, 0.05) is 31.5 Å². The van der Waals surface area contributed by atoms with Crippen LogP contribution < -0.4 is 5.32 Å². The normalized spacial score (nSPS) is 23.4. The van der Waals surface area contributed by atoms with Crippen LogP contribution in [-0.4, -0.2) is 53.7 Å². The minimum atomic E-state index is -0.824. The van der Waals surface area contributed by atoms with Crippen molar-refractivity contribution in [2.24, 2.45) is 11.8 Å². The maximum atomic E-state index is 13.1. The number of benzene rings is 2. The third-order valence-corrected chi connectivity index (χ3v) is 7.54. The molecule has 3 aliphatic rings. The van der Waals surface area contributed by atoms with E-state index in [0.29, 0.717) is 13.1 Å². The van der Waals surface area contributed by atoms with Crippen LogP contribution in [0.4, 0.5) is 4.79 Å². The average molecular weight is 463 g/mol. The zero-order chi connectivity index (χ0) is 23.7. The Morgan fingerprint density at radius 2 is 1.65 bits per heavy atom. The first-order valence-electron chi connectivity index (χ1n) is 12.1. The van der Waals surface area contributed by atoms with Crippen LogP contribution in [0.5, 0.6) is 0 Å². The molecule has 1 unspecified atom stereocenters. The summed E-state index contributed by atoms with van der Waals surface area (Å²) in [6.45, 7) is 1.32. The Morgan fingerprint density at radius 1 is 0.971 bits per heavy atom. The molecule has 7 nitrogen and oxygen atoms in total. The molecule has 34 heavy (non-hydrogen) atoms. The standard InChI is InChI=1S/C27H30N2O5/c30-25(31)14-17-12-13-29(15-17)26(32)22-10-5-11-24(22)28-27(33)34-16-23-20-8-3-1-6-18(20)19-7-2-4-9-21(19)23/h1-4,6-9,17,22-24H,5,10-16H2,(H,28,33)(H,30,31)/t17?,22-,24+/m1/s1. The molecule has 2 aromatic carbocycles. The van der Waals surface area contributed by atoms with Gasteiger partial charge in [-0.25, -0.2) is 4.79 Å². The monoisotopic (exact) mass is 462 g/mol. The van der Waals surface area contributed by atoms with Gasteiger partial charge in [0.1, 0.15) is 6.61 Å². The zero-order valence-corrected chi connectivity index (χ0v) is 19.1. The number of nitrogens with one attached hydrogen (secondary N) is 1. The number of fused-ring (bicyclic) bond motifs is 3. The van der Waals surface area contributed by atoms with Gasteiger partial charge in [-0.3, -0.25) is 9.59 Å². The van der Waals surface area contributed by atoms with Gasteiger partial charge in [-0.2, -0.15) is 0 Å². The third-order valence-electron chi connectivity index (χ3n) is 7.54. The van der Waals surface area contributed by atoms with E-state index in [1.165, 1.54) is 11.1 Å². The maximum absolute atomic E-state index is 13.1. The van der Waals surface area contributed by atoms with Crippen molar-refractivity contribution in [3.8, 4) is 11.1 Å². The minimum absolute atomic E-state index is 0.00470. The molecule has 2 N–H and O–H groups in total. The van der Waals surface area contributed by atoms with Crippen LogP contribution in [-0.2, 0) is 14.3 Å². The number of carbonyl (C=O) groups excluding carboxylic acids is 2. The number of nitrogens with zero attached hydrogens (tertiary/aromatic N) is 1. The Morgan fingerprint density at radius 3 is 2.32 bits per heavy atom. The summed E-state index contributed by atoms with van der Waals surface area (Å²) in [5.74, 6) is -1.07. The van der Waals surface area contributed by atoms with Crippen molar-refractivity contribution in [1.29, 1.82) is 0 Å². The number of carbonyl (C=O) groups is 3. The van der Waals surface area contributed by atoms with E-state index in [9.17, 15) is 14.4 Å². The predicted octanol–water partition coefficient (Wildman–Crippen LogP) is 4.02. The second-order valence-corrected chi connectivity index (χ2v) is 9.65. The van der Waals surface area contributed by atoms with Crippen LogP contribution in [0, 0.1) is 11.8 Å². The Hall–Kier alpha value is -3.35. The molecular weight excluding hydrogens is 432 g/mol. The SMILES string of the molecule is O=C(O)CC1CCN(C(=O)[C@@H]2CCC[C@@H]2NC(=O)OCC2c3ccccc3-c3ccccc32)C1. The van der Waals surface area contributed by atoms with Gasteiger partial charge in [0.2, 0.25) is 5.91 Å². The van der Waals surface area contributed by atoms with Gasteiger partial charge < -0.3 is 20.1 Å². The second kappa shape index (κ2) is 9.49. The molecule has 7 heteroatoms. The molecule has 0 bridgehead atoms. The Labute approximate surface area is 199 Å². The second-order valence-electron chi connectivity index (χ2n) is 9.65. The van der Waals surface area contributed by atoms with Crippen LogP contribution >= 0.6 is 0 Å². The Kier molecular flexibility index (Phi) is 6.26. The van der Waals surface area contributed by atoms with Crippen LogP contribution in [0.2, 0.25) is 0 Å². The van der Waals surface area contributed by atoms with Crippen LogP contribution in [0.1, 0.15) is 49.1 Å². The minimum Gasteiger partial charge on any atom is -0.481 e. The smallest absolute Gasteiger partial charge is 0.407 e.